The summed E-state index contributed by atoms with van der Waals surface area (Å²) in [6, 6.07) is 5.54. The minimum Gasteiger partial charge on any atom is -0.317 e. The fourth-order valence-electron chi connectivity index (χ4n) is 1.72. The van der Waals surface area contributed by atoms with E-state index in [0.29, 0.717) is 0 Å². The maximum atomic E-state index is 13.7. The molecular weight excluding hydrogens is 241 g/mol. The van der Waals surface area contributed by atoms with Crippen molar-refractivity contribution in [2.24, 2.45) is 5.73 Å². The first-order valence-corrected chi connectivity index (χ1v) is 5.27. The molecule has 1 aromatic carbocycles. The summed E-state index contributed by atoms with van der Waals surface area (Å²) in [6.07, 6.45) is 0.984. The Morgan fingerprint density at radius 2 is 1.72 bits per heavy atom. The Morgan fingerprint density at radius 1 is 1.06 bits per heavy atom. The Morgan fingerprint density at radius 3 is 2.33 bits per heavy atom. The van der Waals surface area contributed by atoms with E-state index in [1.165, 1.54) is 19.1 Å². The Labute approximate surface area is 102 Å². The largest absolute Gasteiger partial charge is 0.317 e. The predicted molar refractivity (Wildman–Crippen MR) is 61.2 cm³/mol. The minimum atomic E-state index is -1.33. The quantitative estimate of drug-likeness (QED) is 0.892. The van der Waals surface area contributed by atoms with Crippen molar-refractivity contribution in [3.8, 4) is 0 Å². The molecule has 2 aromatic rings. The van der Waals surface area contributed by atoms with Gasteiger partial charge in [-0.25, -0.2) is 13.2 Å². The van der Waals surface area contributed by atoms with Crippen LogP contribution < -0.4 is 5.73 Å². The molecule has 2 rings (SSSR count). The third kappa shape index (κ3) is 2.22. The zero-order valence-electron chi connectivity index (χ0n) is 9.62. The average Bonchev–Trinajstić information content (AvgIpc) is 2.32. The molecule has 0 saturated heterocycles. The van der Waals surface area contributed by atoms with Crippen molar-refractivity contribution in [1.29, 1.82) is 0 Å². The third-order valence-electron chi connectivity index (χ3n) is 2.75. The lowest BCUT2D eigenvalue weighted by Crippen LogP contribution is -2.36. The average molecular weight is 252 g/mol. The van der Waals surface area contributed by atoms with Gasteiger partial charge in [0.1, 0.15) is 17.5 Å². The van der Waals surface area contributed by atoms with E-state index in [-0.39, 0.29) is 11.3 Å². The monoisotopic (exact) mass is 252 g/mol. The van der Waals surface area contributed by atoms with Crippen molar-refractivity contribution in [2.45, 2.75) is 12.5 Å². The molecule has 2 N–H and O–H groups in total. The first-order valence-electron chi connectivity index (χ1n) is 5.27. The summed E-state index contributed by atoms with van der Waals surface area (Å²) < 4.78 is 39.6. The van der Waals surface area contributed by atoms with Crippen LogP contribution in [0.25, 0.3) is 0 Å². The SMILES string of the molecule is CC(N)(c1ccc(F)cn1)c1cc(F)ccc1F. The molecule has 0 radical (unpaired) electrons. The van der Waals surface area contributed by atoms with Gasteiger partial charge in [0.15, 0.2) is 0 Å². The minimum absolute atomic E-state index is 0.0263. The molecule has 0 spiro atoms. The van der Waals surface area contributed by atoms with E-state index in [2.05, 4.69) is 4.98 Å². The zero-order chi connectivity index (χ0) is 13.3. The summed E-state index contributed by atoms with van der Waals surface area (Å²) in [5, 5.41) is 0. The summed E-state index contributed by atoms with van der Waals surface area (Å²) in [4.78, 5) is 3.81. The number of nitrogens with zero attached hydrogens (tertiary/aromatic N) is 1. The van der Waals surface area contributed by atoms with E-state index in [0.717, 1.165) is 24.4 Å². The first kappa shape index (κ1) is 12.6. The number of nitrogens with two attached hydrogens (primary N) is 1. The topological polar surface area (TPSA) is 38.9 Å². The smallest absolute Gasteiger partial charge is 0.141 e. The number of halogens is 3. The van der Waals surface area contributed by atoms with Gasteiger partial charge < -0.3 is 5.73 Å². The van der Waals surface area contributed by atoms with E-state index < -0.39 is 23.0 Å². The Balaban J connectivity index is 2.53. The molecule has 0 saturated carbocycles. The van der Waals surface area contributed by atoms with Gasteiger partial charge in [0, 0.05) is 5.56 Å². The summed E-state index contributed by atoms with van der Waals surface area (Å²) >= 11 is 0. The molecular formula is C13H11F3N2. The second kappa shape index (κ2) is 4.42. The normalized spacial score (nSPS) is 14.3. The molecule has 0 amide bonds. The number of hydrogen-bond acceptors (Lipinski definition) is 2. The molecule has 0 aliphatic rings. The summed E-state index contributed by atoms with van der Waals surface area (Å²) in [5.41, 5.74) is 4.89. The third-order valence-corrected chi connectivity index (χ3v) is 2.75. The molecule has 0 fully saturated rings. The van der Waals surface area contributed by atoms with Crippen LogP contribution in [0.2, 0.25) is 0 Å². The van der Waals surface area contributed by atoms with Crippen molar-refractivity contribution < 1.29 is 13.2 Å². The molecule has 1 atom stereocenters. The Bertz CT molecular complexity index is 565. The fraction of sp³-hybridized carbons (Fsp3) is 0.154. The van der Waals surface area contributed by atoms with Crippen LogP contribution in [0.5, 0.6) is 0 Å². The van der Waals surface area contributed by atoms with Gasteiger partial charge in [-0.3, -0.25) is 4.98 Å². The van der Waals surface area contributed by atoms with Crippen molar-refractivity contribution >= 4 is 0 Å². The van der Waals surface area contributed by atoms with E-state index in [1.807, 2.05) is 0 Å². The maximum absolute atomic E-state index is 13.7. The van der Waals surface area contributed by atoms with Crippen LogP contribution in [0.1, 0.15) is 18.2 Å². The Hall–Kier alpha value is -1.88. The lowest BCUT2D eigenvalue weighted by molar-refractivity contribution is 0.506. The molecule has 5 heteroatoms. The van der Waals surface area contributed by atoms with Crippen LogP contribution in [0, 0.1) is 17.5 Å². The first-order chi connectivity index (χ1) is 8.41. The highest BCUT2D eigenvalue weighted by atomic mass is 19.1. The van der Waals surface area contributed by atoms with Gasteiger partial charge in [-0.2, -0.15) is 0 Å². The standard InChI is InChI=1S/C13H11F3N2/c1-13(17,12-5-3-9(15)7-18-12)10-6-8(14)2-4-11(10)16/h2-7H,17H2,1H3. The summed E-state index contributed by atoms with van der Waals surface area (Å²) in [6.45, 7) is 1.49. The fourth-order valence-corrected chi connectivity index (χ4v) is 1.72. The van der Waals surface area contributed by atoms with E-state index >= 15 is 0 Å². The van der Waals surface area contributed by atoms with E-state index in [1.54, 1.807) is 0 Å². The molecule has 2 nitrogen and oxygen atoms in total. The molecule has 0 aliphatic carbocycles. The number of aromatic nitrogens is 1. The predicted octanol–water partition coefficient (Wildman–Crippen LogP) is 2.72. The van der Waals surface area contributed by atoms with Gasteiger partial charge in [-0.1, -0.05) is 0 Å². The molecule has 0 bridgehead atoms. The van der Waals surface area contributed by atoms with Gasteiger partial charge in [0.2, 0.25) is 0 Å². The summed E-state index contributed by atoms with van der Waals surface area (Å²) in [7, 11) is 0. The van der Waals surface area contributed by atoms with Crippen LogP contribution in [0.4, 0.5) is 13.2 Å². The molecule has 18 heavy (non-hydrogen) atoms. The van der Waals surface area contributed by atoms with Crippen LogP contribution >= 0.6 is 0 Å². The van der Waals surface area contributed by atoms with Crippen LogP contribution in [-0.2, 0) is 5.54 Å². The lowest BCUT2D eigenvalue weighted by Gasteiger charge is -2.25. The highest BCUT2D eigenvalue weighted by molar-refractivity contribution is 5.34. The van der Waals surface area contributed by atoms with Crippen molar-refractivity contribution in [2.75, 3.05) is 0 Å². The number of hydrogen-bond donors (Lipinski definition) is 1. The number of benzene rings is 1. The number of rotatable bonds is 2. The highest BCUT2D eigenvalue weighted by Crippen LogP contribution is 2.27. The van der Waals surface area contributed by atoms with Gasteiger partial charge >= 0.3 is 0 Å². The van der Waals surface area contributed by atoms with Crippen molar-refractivity contribution in [3.63, 3.8) is 0 Å². The second-order valence-corrected chi connectivity index (χ2v) is 4.19. The maximum Gasteiger partial charge on any atom is 0.141 e. The van der Waals surface area contributed by atoms with E-state index in [4.69, 9.17) is 5.73 Å². The molecule has 1 aromatic heterocycles. The van der Waals surface area contributed by atoms with Gasteiger partial charge in [-0.15, -0.1) is 0 Å². The zero-order valence-corrected chi connectivity index (χ0v) is 9.62. The molecule has 1 unspecified atom stereocenters. The molecule has 1 heterocycles. The van der Waals surface area contributed by atoms with Crippen LogP contribution in [0.15, 0.2) is 36.5 Å². The van der Waals surface area contributed by atoms with Crippen LogP contribution in [0.3, 0.4) is 0 Å². The Kier molecular flexibility index (Phi) is 3.09. The molecule has 0 aliphatic heterocycles. The highest BCUT2D eigenvalue weighted by Gasteiger charge is 2.28. The van der Waals surface area contributed by atoms with Crippen LogP contribution in [-0.4, -0.2) is 4.98 Å². The van der Waals surface area contributed by atoms with Gasteiger partial charge in [0.25, 0.3) is 0 Å². The van der Waals surface area contributed by atoms with Crippen molar-refractivity contribution in [3.05, 3.63) is 65.2 Å². The summed E-state index contributed by atoms with van der Waals surface area (Å²) in [5.74, 6) is -1.74. The number of pyridine rings is 1. The molecule has 94 valence electrons. The van der Waals surface area contributed by atoms with Gasteiger partial charge in [-0.05, 0) is 37.3 Å². The lowest BCUT2D eigenvalue weighted by atomic mass is 9.89. The van der Waals surface area contributed by atoms with E-state index in [9.17, 15) is 13.2 Å². The second-order valence-electron chi connectivity index (χ2n) is 4.19. The van der Waals surface area contributed by atoms with Crippen molar-refractivity contribution in [1.82, 2.24) is 4.98 Å². The van der Waals surface area contributed by atoms with Gasteiger partial charge in [0.05, 0.1) is 17.4 Å².